The molecule has 0 radical (unpaired) electrons. The number of nitrogens with zero attached hydrogens (tertiary/aromatic N) is 1. The van der Waals surface area contributed by atoms with Crippen molar-refractivity contribution in [3.8, 4) is 0 Å². The Kier molecular flexibility index (Phi) is 5.33. The van der Waals surface area contributed by atoms with Gasteiger partial charge in [0.1, 0.15) is 5.69 Å². The monoisotopic (exact) mass is 303 g/mol. The summed E-state index contributed by atoms with van der Waals surface area (Å²) in [6.45, 7) is 6.06. The number of anilines is 1. The molecule has 0 aromatic carbocycles. The normalized spacial score (nSPS) is 13.9. The van der Waals surface area contributed by atoms with Crippen LogP contribution in [-0.4, -0.2) is 16.9 Å². The standard InChI is InChI=1S/C14H20F3N3O/c1-13(2,3)7-9(18)6-12(21)20-10-4-5-11(19-8-10)14(15,16)17/h4-5,8-9H,6-7,18H2,1-3H3,(H,20,21). The number of rotatable bonds is 4. The Labute approximate surface area is 121 Å². The number of nitrogens with one attached hydrogen (secondary N) is 1. The molecule has 1 aromatic rings. The van der Waals surface area contributed by atoms with Crippen molar-refractivity contribution in [2.24, 2.45) is 11.1 Å². The van der Waals surface area contributed by atoms with Crippen molar-refractivity contribution in [1.82, 2.24) is 4.98 Å². The van der Waals surface area contributed by atoms with Gasteiger partial charge in [-0.3, -0.25) is 4.79 Å². The van der Waals surface area contributed by atoms with E-state index in [0.717, 1.165) is 12.3 Å². The van der Waals surface area contributed by atoms with Crippen LogP contribution in [0.15, 0.2) is 18.3 Å². The van der Waals surface area contributed by atoms with E-state index < -0.39 is 11.9 Å². The molecule has 0 aliphatic heterocycles. The van der Waals surface area contributed by atoms with Crippen LogP contribution in [0.4, 0.5) is 18.9 Å². The quantitative estimate of drug-likeness (QED) is 0.897. The second-order valence-corrected chi connectivity index (χ2v) is 6.21. The molecule has 0 saturated carbocycles. The number of aromatic nitrogens is 1. The first-order valence-corrected chi connectivity index (χ1v) is 6.56. The summed E-state index contributed by atoms with van der Waals surface area (Å²) < 4.78 is 37.0. The molecule has 1 unspecified atom stereocenters. The predicted molar refractivity (Wildman–Crippen MR) is 74.5 cm³/mol. The number of alkyl halides is 3. The molecule has 1 rings (SSSR count). The van der Waals surface area contributed by atoms with Gasteiger partial charge in [-0.1, -0.05) is 20.8 Å². The molecule has 0 bridgehead atoms. The van der Waals surface area contributed by atoms with Crippen LogP contribution in [0, 0.1) is 5.41 Å². The molecule has 7 heteroatoms. The minimum atomic E-state index is -4.49. The van der Waals surface area contributed by atoms with Crippen molar-refractivity contribution in [3.05, 3.63) is 24.0 Å². The van der Waals surface area contributed by atoms with Crippen LogP contribution in [-0.2, 0) is 11.0 Å². The fourth-order valence-electron chi connectivity index (χ4n) is 1.94. The second kappa shape index (κ2) is 6.43. The Morgan fingerprint density at radius 2 is 1.95 bits per heavy atom. The van der Waals surface area contributed by atoms with Gasteiger partial charge in [0.25, 0.3) is 0 Å². The summed E-state index contributed by atoms with van der Waals surface area (Å²) in [6.07, 6.45) is -2.72. The van der Waals surface area contributed by atoms with Crippen LogP contribution in [0.5, 0.6) is 0 Å². The summed E-state index contributed by atoms with van der Waals surface area (Å²) in [7, 11) is 0. The molecule has 3 N–H and O–H groups in total. The zero-order valence-corrected chi connectivity index (χ0v) is 12.3. The lowest BCUT2D eigenvalue weighted by atomic mass is 9.87. The van der Waals surface area contributed by atoms with Crippen molar-refractivity contribution in [2.75, 3.05) is 5.32 Å². The number of nitrogens with two attached hydrogens (primary N) is 1. The van der Waals surface area contributed by atoms with Crippen molar-refractivity contribution < 1.29 is 18.0 Å². The Morgan fingerprint density at radius 3 is 2.38 bits per heavy atom. The minimum absolute atomic E-state index is 0.00953. The number of pyridine rings is 1. The van der Waals surface area contributed by atoms with E-state index in [0.29, 0.717) is 6.42 Å². The lowest BCUT2D eigenvalue weighted by Crippen LogP contribution is -2.31. The van der Waals surface area contributed by atoms with E-state index in [-0.39, 0.29) is 29.5 Å². The molecule has 1 atom stereocenters. The van der Waals surface area contributed by atoms with Crippen molar-refractivity contribution in [3.63, 3.8) is 0 Å². The van der Waals surface area contributed by atoms with Gasteiger partial charge in [0, 0.05) is 12.5 Å². The largest absolute Gasteiger partial charge is 0.433 e. The average Bonchev–Trinajstić information content (AvgIpc) is 2.25. The summed E-state index contributed by atoms with van der Waals surface area (Å²) in [4.78, 5) is 15.0. The van der Waals surface area contributed by atoms with E-state index in [2.05, 4.69) is 10.3 Å². The van der Waals surface area contributed by atoms with Crippen LogP contribution >= 0.6 is 0 Å². The smallest absolute Gasteiger partial charge is 0.327 e. The molecular formula is C14H20F3N3O. The van der Waals surface area contributed by atoms with Crippen molar-refractivity contribution in [1.29, 1.82) is 0 Å². The maximum absolute atomic E-state index is 12.3. The van der Waals surface area contributed by atoms with E-state index in [1.807, 2.05) is 20.8 Å². The summed E-state index contributed by atoms with van der Waals surface area (Å²) in [6, 6.07) is 1.70. The summed E-state index contributed by atoms with van der Waals surface area (Å²) in [5.74, 6) is -0.340. The van der Waals surface area contributed by atoms with Gasteiger partial charge in [-0.05, 0) is 24.0 Å². The predicted octanol–water partition coefficient (Wildman–Crippen LogP) is 3.19. The third kappa shape index (κ3) is 6.57. The zero-order valence-electron chi connectivity index (χ0n) is 12.3. The average molecular weight is 303 g/mol. The first-order valence-electron chi connectivity index (χ1n) is 6.56. The molecule has 1 heterocycles. The third-order valence-electron chi connectivity index (χ3n) is 2.66. The molecule has 0 aliphatic rings. The molecule has 0 saturated heterocycles. The number of carbonyl (C=O) groups is 1. The fourth-order valence-corrected chi connectivity index (χ4v) is 1.94. The lowest BCUT2D eigenvalue weighted by molar-refractivity contribution is -0.141. The second-order valence-electron chi connectivity index (χ2n) is 6.21. The Bertz CT molecular complexity index is 478. The number of hydrogen-bond acceptors (Lipinski definition) is 3. The van der Waals surface area contributed by atoms with Gasteiger partial charge in [-0.15, -0.1) is 0 Å². The summed E-state index contributed by atoms with van der Waals surface area (Å²) >= 11 is 0. The SMILES string of the molecule is CC(C)(C)CC(N)CC(=O)Nc1ccc(C(F)(F)F)nc1. The molecule has 1 aromatic heterocycles. The van der Waals surface area contributed by atoms with Gasteiger partial charge in [-0.2, -0.15) is 13.2 Å². The van der Waals surface area contributed by atoms with Gasteiger partial charge in [-0.25, -0.2) is 4.98 Å². The Morgan fingerprint density at radius 1 is 1.33 bits per heavy atom. The highest BCUT2D eigenvalue weighted by Crippen LogP contribution is 2.27. The van der Waals surface area contributed by atoms with E-state index in [9.17, 15) is 18.0 Å². The number of amides is 1. The Hall–Kier alpha value is -1.63. The van der Waals surface area contributed by atoms with E-state index >= 15 is 0 Å². The van der Waals surface area contributed by atoms with Gasteiger partial charge in [0.2, 0.25) is 5.91 Å². The minimum Gasteiger partial charge on any atom is -0.327 e. The fraction of sp³-hybridized carbons (Fsp3) is 0.571. The van der Waals surface area contributed by atoms with Gasteiger partial charge in [0.15, 0.2) is 0 Å². The van der Waals surface area contributed by atoms with Crippen LogP contribution in [0.25, 0.3) is 0 Å². The first-order chi connectivity index (χ1) is 9.47. The molecule has 0 fully saturated rings. The van der Waals surface area contributed by atoms with Gasteiger partial charge < -0.3 is 11.1 Å². The molecule has 0 aliphatic carbocycles. The molecule has 0 spiro atoms. The maximum atomic E-state index is 12.3. The number of carbonyl (C=O) groups excluding carboxylic acids is 1. The highest BCUT2D eigenvalue weighted by atomic mass is 19.4. The molecule has 21 heavy (non-hydrogen) atoms. The molecule has 118 valence electrons. The highest BCUT2D eigenvalue weighted by molar-refractivity contribution is 5.90. The Balaban J connectivity index is 2.56. The number of halogens is 3. The molecule has 1 amide bonds. The maximum Gasteiger partial charge on any atom is 0.433 e. The summed E-state index contributed by atoms with van der Waals surface area (Å²) in [5.41, 5.74) is 5.10. The molecule has 4 nitrogen and oxygen atoms in total. The first kappa shape index (κ1) is 17.4. The van der Waals surface area contributed by atoms with E-state index in [4.69, 9.17) is 5.73 Å². The van der Waals surface area contributed by atoms with E-state index in [1.54, 1.807) is 0 Å². The third-order valence-corrected chi connectivity index (χ3v) is 2.66. The van der Waals surface area contributed by atoms with E-state index in [1.165, 1.54) is 6.07 Å². The van der Waals surface area contributed by atoms with Crippen LogP contribution in [0.1, 0.15) is 39.3 Å². The highest BCUT2D eigenvalue weighted by Gasteiger charge is 2.32. The van der Waals surface area contributed by atoms with Crippen molar-refractivity contribution >= 4 is 11.6 Å². The van der Waals surface area contributed by atoms with Crippen molar-refractivity contribution in [2.45, 2.75) is 45.8 Å². The summed E-state index contributed by atoms with van der Waals surface area (Å²) in [5, 5.41) is 2.49. The van der Waals surface area contributed by atoms with Crippen LogP contribution < -0.4 is 11.1 Å². The molecular weight excluding hydrogens is 283 g/mol. The van der Waals surface area contributed by atoms with Crippen LogP contribution in [0.2, 0.25) is 0 Å². The topological polar surface area (TPSA) is 68.0 Å². The lowest BCUT2D eigenvalue weighted by Gasteiger charge is -2.22. The van der Waals surface area contributed by atoms with Crippen LogP contribution in [0.3, 0.4) is 0 Å². The number of hydrogen-bond donors (Lipinski definition) is 2. The zero-order chi connectivity index (χ0) is 16.3. The van der Waals surface area contributed by atoms with Gasteiger partial charge >= 0.3 is 6.18 Å². The van der Waals surface area contributed by atoms with Gasteiger partial charge in [0.05, 0.1) is 11.9 Å².